The molecular weight excluding hydrogens is 446 g/mol. The number of Topliss-reactive ketones (excluding diaryl/α,β-unsaturated/α-hetero) is 1. The molecule has 0 aliphatic heterocycles. The highest BCUT2D eigenvalue weighted by atomic mass is 35.5. The third-order valence-corrected chi connectivity index (χ3v) is 5.76. The molecule has 4 nitrogen and oxygen atoms in total. The Hall–Kier alpha value is -3.89. The summed E-state index contributed by atoms with van der Waals surface area (Å²) in [6.07, 6.45) is -1.07. The predicted octanol–water partition coefficient (Wildman–Crippen LogP) is 7.04. The zero-order chi connectivity index (χ0) is 23.9. The Kier molecular flexibility index (Phi) is 7.41. The molecule has 0 fully saturated rings. The summed E-state index contributed by atoms with van der Waals surface area (Å²) in [5, 5.41) is 3.94. The van der Waals surface area contributed by atoms with E-state index in [1.54, 1.807) is 60.7 Å². The largest absolute Gasteiger partial charge is 0.445 e. The summed E-state index contributed by atoms with van der Waals surface area (Å²) in [7, 11) is 0. The van der Waals surface area contributed by atoms with Crippen molar-refractivity contribution in [3.05, 3.63) is 136 Å². The Morgan fingerprint density at radius 3 is 2.12 bits per heavy atom. The summed E-state index contributed by atoms with van der Waals surface area (Å²) in [6.45, 7) is 2.68. The SMILES string of the molecule is Cc1ccccc1NCc1ccc(C(=O)O[C@H](C(=O)c2ccccc2)c2ccc(Cl)cc2)cc1. The van der Waals surface area contributed by atoms with E-state index in [2.05, 4.69) is 18.3 Å². The Labute approximate surface area is 204 Å². The molecule has 4 aromatic rings. The van der Waals surface area contributed by atoms with Gasteiger partial charge in [-0.2, -0.15) is 0 Å². The number of benzene rings is 4. The van der Waals surface area contributed by atoms with Crippen molar-refractivity contribution < 1.29 is 14.3 Å². The number of aryl methyl sites for hydroxylation is 1. The Bertz CT molecular complexity index is 1270. The van der Waals surface area contributed by atoms with E-state index in [9.17, 15) is 9.59 Å². The molecule has 4 aromatic carbocycles. The standard InChI is InChI=1S/C29H24ClNO3/c1-20-7-5-6-10-26(20)31-19-21-11-13-24(14-12-21)29(33)34-28(23-15-17-25(30)18-16-23)27(32)22-8-3-2-4-9-22/h2-18,28,31H,19H2,1H3/t28-/m0/s1. The molecule has 0 amide bonds. The lowest BCUT2D eigenvalue weighted by Gasteiger charge is -2.18. The van der Waals surface area contributed by atoms with Crippen LogP contribution in [-0.2, 0) is 11.3 Å². The van der Waals surface area contributed by atoms with Crippen LogP contribution in [-0.4, -0.2) is 11.8 Å². The average molecular weight is 470 g/mol. The number of halogens is 1. The van der Waals surface area contributed by atoms with Crippen molar-refractivity contribution in [1.29, 1.82) is 0 Å². The zero-order valence-corrected chi connectivity index (χ0v) is 19.5. The molecule has 1 atom stereocenters. The van der Waals surface area contributed by atoms with Gasteiger partial charge in [-0.15, -0.1) is 0 Å². The Balaban J connectivity index is 1.49. The van der Waals surface area contributed by atoms with E-state index in [1.165, 1.54) is 5.56 Å². The molecule has 0 aliphatic carbocycles. The maximum atomic E-state index is 13.2. The van der Waals surface area contributed by atoms with Crippen molar-refractivity contribution in [2.24, 2.45) is 0 Å². The van der Waals surface area contributed by atoms with Crippen LogP contribution in [0.1, 0.15) is 43.5 Å². The van der Waals surface area contributed by atoms with Crippen LogP contribution >= 0.6 is 11.6 Å². The third-order valence-electron chi connectivity index (χ3n) is 5.51. The fraction of sp³-hybridized carbons (Fsp3) is 0.103. The fourth-order valence-corrected chi connectivity index (χ4v) is 3.69. The van der Waals surface area contributed by atoms with Crippen LogP contribution in [0.2, 0.25) is 5.02 Å². The Morgan fingerprint density at radius 1 is 0.794 bits per heavy atom. The van der Waals surface area contributed by atoms with Crippen LogP contribution in [0.25, 0.3) is 0 Å². The minimum Gasteiger partial charge on any atom is -0.445 e. The molecule has 34 heavy (non-hydrogen) atoms. The number of ketones is 1. The van der Waals surface area contributed by atoms with Gasteiger partial charge in [0.15, 0.2) is 6.10 Å². The first-order chi connectivity index (χ1) is 16.5. The first kappa shape index (κ1) is 23.3. The van der Waals surface area contributed by atoms with Gasteiger partial charge >= 0.3 is 5.97 Å². The number of carbonyl (C=O) groups excluding carboxylic acids is 2. The van der Waals surface area contributed by atoms with Crippen molar-refractivity contribution in [3.63, 3.8) is 0 Å². The number of hydrogen-bond donors (Lipinski definition) is 1. The highest BCUT2D eigenvalue weighted by Gasteiger charge is 2.26. The highest BCUT2D eigenvalue weighted by molar-refractivity contribution is 6.30. The predicted molar refractivity (Wildman–Crippen MR) is 135 cm³/mol. The van der Waals surface area contributed by atoms with Gasteiger partial charge in [-0.3, -0.25) is 4.79 Å². The molecule has 0 saturated heterocycles. The molecule has 5 heteroatoms. The summed E-state index contributed by atoms with van der Waals surface area (Å²) >= 11 is 6.00. The lowest BCUT2D eigenvalue weighted by molar-refractivity contribution is 0.0280. The smallest absolute Gasteiger partial charge is 0.339 e. The Morgan fingerprint density at radius 2 is 1.44 bits per heavy atom. The van der Waals surface area contributed by atoms with Crippen molar-refractivity contribution in [1.82, 2.24) is 0 Å². The van der Waals surface area contributed by atoms with Gasteiger partial charge < -0.3 is 10.1 Å². The van der Waals surface area contributed by atoms with E-state index >= 15 is 0 Å². The molecule has 0 aromatic heterocycles. The normalized spacial score (nSPS) is 11.5. The maximum Gasteiger partial charge on any atom is 0.339 e. The lowest BCUT2D eigenvalue weighted by atomic mass is 9.99. The monoisotopic (exact) mass is 469 g/mol. The van der Waals surface area contributed by atoms with Crippen LogP contribution in [0, 0.1) is 6.92 Å². The second-order valence-corrected chi connectivity index (χ2v) is 8.37. The summed E-state index contributed by atoms with van der Waals surface area (Å²) in [5.74, 6) is -0.863. The van der Waals surface area contributed by atoms with Crippen molar-refractivity contribution in [3.8, 4) is 0 Å². The van der Waals surface area contributed by atoms with Gasteiger partial charge in [0.25, 0.3) is 0 Å². The minimum atomic E-state index is -1.07. The topological polar surface area (TPSA) is 55.4 Å². The van der Waals surface area contributed by atoms with Gasteiger partial charge in [-0.1, -0.05) is 84.4 Å². The van der Waals surface area contributed by atoms with E-state index in [4.69, 9.17) is 16.3 Å². The molecule has 1 N–H and O–H groups in total. The number of ether oxygens (including phenoxy) is 1. The number of hydrogen-bond acceptors (Lipinski definition) is 4. The zero-order valence-electron chi connectivity index (χ0n) is 18.7. The van der Waals surface area contributed by atoms with Gasteiger partial charge in [0, 0.05) is 28.4 Å². The van der Waals surface area contributed by atoms with Gasteiger partial charge in [0.1, 0.15) is 0 Å². The van der Waals surface area contributed by atoms with Gasteiger partial charge in [0.05, 0.1) is 5.56 Å². The van der Waals surface area contributed by atoms with Crippen LogP contribution in [0.5, 0.6) is 0 Å². The second kappa shape index (κ2) is 10.8. The first-order valence-corrected chi connectivity index (χ1v) is 11.3. The van der Waals surface area contributed by atoms with Crippen LogP contribution in [0.4, 0.5) is 5.69 Å². The van der Waals surface area contributed by atoms with E-state index in [-0.39, 0.29) is 5.78 Å². The van der Waals surface area contributed by atoms with Crippen molar-refractivity contribution >= 4 is 29.0 Å². The number of carbonyl (C=O) groups is 2. The van der Waals surface area contributed by atoms with Crippen LogP contribution in [0.15, 0.2) is 103 Å². The molecule has 0 unspecified atom stereocenters. The maximum absolute atomic E-state index is 13.2. The molecule has 0 radical (unpaired) electrons. The average Bonchev–Trinajstić information content (AvgIpc) is 2.88. The minimum absolute atomic E-state index is 0.296. The van der Waals surface area contributed by atoms with E-state index < -0.39 is 12.1 Å². The molecule has 0 aliphatic rings. The number of nitrogens with one attached hydrogen (secondary N) is 1. The van der Waals surface area contributed by atoms with Gasteiger partial charge in [-0.05, 0) is 48.4 Å². The number of rotatable bonds is 8. The molecular formula is C29H24ClNO3. The summed E-state index contributed by atoms with van der Waals surface area (Å²) in [5.41, 5.74) is 4.66. The van der Waals surface area contributed by atoms with E-state index in [0.29, 0.717) is 28.3 Å². The van der Waals surface area contributed by atoms with Crippen LogP contribution in [0.3, 0.4) is 0 Å². The molecule has 0 heterocycles. The van der Waals surface area contributed by atoms with Crippen LogP contribution < -0.4 is 5.32 Å². The van der Waals surface area contributed by atoms with Gasteiger partial charge in [0.2, 0.25) is 5.78 Å². The summed E-state index contributed by atoms with van der Waals surface area (Å²) < 4.78 is 5.72. The number of para-hydroxylation sites is 1. The first-order valence-electron chi connectivity index (χ1n) is 11.0. The second-order valence-electron chi connectivity index (χ2n) is 7.93. The number of esters is 1. The van der Waals surface area contributed by atoms with Gasteiger partial charge in [-0.25, -0.2) is 4.79 Å². The highest BCUT2D eigenvalue weighted by Crippen LogP contribution is 2.26. The summed E-state index contributed by atoms with van der Waals surface area (Å²) in [6, 6.07) is 30.8. The fourth-order valence-electron chi connectivity index (χ4n) is 3.57. The quantitative estimate of drug-likeness (QED) is 0.222. The molecule has 0 spiro atoms. The van der Waals surface area contributed by atoms with E-state index in [0.717, 1.165) is 11.3 Å². The molecule has 170 valence electrons. The number of anilines is 1. The third kappa shape index (κ3) is 5.72. The molecule has 0 saturated carbocycles. The molecule has 0 bridgehead atoms. The van der Waals surface area contributed by atoms with Crippen molar-refractivity contribution in [2.45, 2.75) is 19.6 Å². The summed E-state index contributed by atoms with van der Waals surface area (Å²) in [4.78, 5) is 26.1. The van der Waals surface area contributed by atoms with E-state index in [1.807, 2.05) is 36.4 Å². The molecule has 4 rings (SSSR count). The van der Waals surface area contributed by atoms with Crippen molar-refractivity contribution in [2.75, 3.05) is 5.32 Å². The lowest BCUT2D eigenvalue weighted by Crippen LogP contribution is -2.20.